The Labute approximate surface area is 105 Å². The molecule has 2 rings (SSSR count). The van der Waals surface area contributed by atoms with Crippen molar-refractivity contribution < 1.29 is 4.74 Å². The Hall–Kier alpha value is -1.58. The molecule has 88 valence electrons. The zero-order valence-corrected chi connectivity index (χ0v) is 10.2. The van der Waals surface area contributed by atoms with E-state index in [-0.39, 0.29) is 0 Å². The largest absolute Gasteiger partial charge is 0.439 e. The van der Waals surface area contributed by atoms with E-state index in [0.29, 0.717) is 23.2 Å². The van der Waals surface area contributed by atoms with E-state index in [2.05, 4.69) is 4.98 Å². The van der Waals surface area contributed by atoms with Gasteiger partial charge in [-0.1, -0.05) is 11.6 Å². The van der Waals surface area contributed by atoms with Gasteiger partial charge in [0.05, 0.1) is 0 Å². The summed E-state index contributed by atoms with van der Waals surface area (Å²) in [5, 5.41) is 0.681. The lowest BCUT2D eigenvalue weighted by molar-refractivity contribution is 0.458. The molecule has 0 unspecified atom stereocenters. The Morgan fingerprint density at radius 2 is 2.00 bits per heavy atom. The lowest BCUT2D eigenvalue weighted by Crippen LogP contribution is -1.99. The summed E-state index contributed by atoms with van der Waals surface area (Å²) in [5.74, 6) is 1.30. The van der Waals surface area contributed by atoms with Crippen LogP contribution in [0.25, 0.3) is 0 Å². The first-order chi connectivity index (χ1) is 8.19. The maximum atomic E-state index is 5.80. The Balaban J connectivity index is 2.21. The van der Waals surface area contributed by atoms with Gasteiger partial charge in [0.1, 0.15) is 5.75 Å². The van der Waals surface area contributed by atoms with Crippen LogP contribution in [-0.2, 0) is 6.54 Å². The average molecular weight is 249 g/mol. The lowest BCUT2D eigenvalue weighted by atomic mass is 10.2. The summed E-state index contributed by atoms with van der Waals surface area (Å²) in [5.41, 5.74) is 7.50. The number of ether oxygens (including phenoxy) is 1. The lowest BCUT2D eigenvalue weighted by Gasteiger charge is -2.08. The van der Waals surface area contributed by atoms with Crippen molar-refractivity contribution in [1.82, 2.24) is 4.98 Å². The first kappa shape index (κ1) is 11.9. The summed E-state index contributed by atoms with van der Waals surface area (Å²) in [6.07, 6.45) is 1.72. The van der Waals surface area contributed by atoms with E-state index >= 15 is 0 Å². The van der Waals surface area contributed by atoms with Crippen molar-refractivity contribution >= 4 is 11.6 Å². The molecule has 1 aromatic carbocycles. The number of benzene rings is 1. The fourth-order valence-electron chi connectivity index (χ4n) is 1.45. The minimum absolute atomic E-state index is 0.481. The molecule has 0 aliphatic carbocycles. The monoisotopic (exact) mass is 248 g/mol. The van der Waals surface area contributed by atoms with Crippen LogP contribution in [0.15, 0.2) is 36.5 Å². The van der Waals surface area contributed by atoms with E-state index < -0.39 is 0 Å². The topological polar surface area (TPSA) is 48.1 Å². The highest BCUT2D eigenvalue weighted by atomic mass is 35.5. The van der Waals surface area contributed by atoms with Crippen LogP contribution in [0.4, 0.5) is 0 Å². The fraction of sp³-hybridized carbons (Fsp3) is 0.154. The number of nitrogens with two attached hydrogens (primary N) is 1. The Kier molecular flexibility index (Phi) is 3.61. The standard InChI is InChI=1S/C13H13ClN2O/c1-9-6-10(7-15)8-16-13(9)17-12-4-2-11(14)3-5-12/h2-6,8H,7,15H2,1H3. The number of halogens is 1. The van der Waals surface area contributed by atoms with E-state index in [1.165, 1.54) is 0 Å². The quantitative estimate of drug-likeness (QED) is 0.907. The van der Waals surface area contributed by atoms with Crippen molar-refractivity contribution in [3.8, 4) is 11.6 Å². The van der Waals surface area contributed by atoms with Gasteiger partial charge in [0.2, 0.25) is 5.88 Å². The third-order valence-electron chi connectivity index (χ3n) is 2.35. The highest BCUT2D eigenvalue weighted by molar-refractivity contribution is 6.30. The summed E-state index contributed by atoms with van der Waals surface area (Å²) in [7, 11) is 0. The number of rotatable bonds is 3. The summed E-state index contributed by atoms with van der Waals surface area (Å²) in [6.45, 7) is 2.42. The van der Waals surface area contributed by atoms with Gasteiger partial charge in [0, 0.05) is 23.3 Å². The number of aromatic nitrogens is 1. The fourth-order valence-corrected chi connectivity index (χ4v) is 1.58. The van der Waals surface area contributed by atoms with Crippen LogP contribution in [0.1, 0.15) is 11.1 Å². The van der Waals surface area contributed by atoms with E-state index in [1.54, 1.807) is 30.5 Å². The predicted octanol–water partition coefficient (Wildman–Crippen LogP) is 3.29. The molecule has 17 heavy (non-hydrogen) atoms. The summed E-state index contributed by atoms with van der Waals surface area (Å²) in [4.78, 5) is 4.23. The third-order valence-corrected chi connectivity index (χ3v) is 2.60. The second kappa shape index (κ2) is 5.17. The van der Waals surface area contributed by atoms with Gasteiger partial charge >= 0.3 is 0 Å². The molecule has 2 N–H and O–H groups in total. The molecular formula is C13H13ClN2O. The van der Waals surface area contributed by atoms with Crippen molar-refractivity contribution in [3.05, 3.63) is 52.7 Å². The first-order valence-electron chi connectivity index (χ1n) is 5.28. The van der Waals surface area contributed by atoms with Crippen LogP contribution < -0.4 is 10.5 Å². The van der Waals surface area contributed by atoms with Crippen molar-refractivity contribution in [1.29, 1.82) is 0 Å². The molecule has 0 bridgehead atoms. The molecule has 0 aliphatic heterocycles. The second-order valence-electron chi connectivity index (χ2n) is 3.73. The van der Waals surface area contributed by atoms with Gasteiger partial charge in [0.15, 0.2) is 0 Å². The number of aryl methyl sites for hydroxylation is 1. The normalized spacial score (nSPS) is 10.3. The number of pyridine rings is 1. The third kappa shape index (κ3) is 2.96. The molecule has 3 nitrogen and oxygen atoms in total. The van der Waals surface area contributed by atoms with Crippen LogP contribution in [0.2, 0.25) is 5.02 Å². The Bertz CT molecular complexity index is 511. The van der Waals surface area contributed by atoms with Gasteiger partial charge in [-0.3, -0.25) is 0 Å². The zero-order valence-electron chi connectivity index (χ0n) is 9.48. The second-order valence-corrected chi connectivity index (χ2v) is 4.16. The molecule has 1 heterocycles. The molecule has 0 saturated carbocycles. The van der Waals surface area contributed by atoms with Crippen molar-refractivity contribution in [3.63, 3.8) is 0 Å². The van der Waals surface area contributed by atoms with Gasteiger partial charge in [-0.15, -0.1) is 0 Å². The Morgan fingerprint density at radius 3 is 2.59 bits per heavy atom. The maximum absolute atomic E-state index is 5.80. The minimum Gasteiger partial charge on any atom is -0.439 e. The van der Waals surface area contributed by atoms with Gasteiger partial charge in [-0.2, -0.15) is 0 Å². The van der Waals surface area contributed by atoms with E-state index in [1.807, 2.05) is 13.0 Å². The van der Waals surface area contributed by atoms with Gasteiger partial charge in [-0.25, -0.2) is 4.98 Å². The predicted molar refractivity (Wildman–Crippen MR) is 68.4 cm³/mol. The smallest absolute Gasteiger partial charge is 0.222 e. The number of nitrogens with zero attached hydrogens (tertiary/aromatic N) is 1. The highest BCUT2D eigenvalue weighted by Gasteiger charge is 2.04. The molecule has 0 atom stereocenters. The van der Waals surface area contributed by atoms with Crippen LogP contribution in [0.3, 0.4) is 0 Å². The van der Waals surface area contributed by atoms with Crippen LogP contribution >= 0.6 is 11.6 Å². The molecule has 1 aromatic heterocycles. The molecule has 2 aromatic rings. The summed E-state index contributed by atoms with van der Waals surface area (Å²) in [6, 6.07) is 9.14. The van der Waals surface area contributed by atoms with E-state index in [0.717, 1.165) is 11.1 Å². The summed E-state index contributed by atoms with van der Waals surface area (Å²) < 4.78 is 5.65. The molecule has 4 heteroatoms. The van der Waals surface area contributed by atoms with Crippen LogP contribution in [0, 0.1) is 6.92 Å². The molecule has 0 aliphatic rings. The first-order valence-corrected chi connectivity index (χ1v) is 5.66. The molecule has 0 spiro atoms. The molecule has 0 saturated heterocycles. The van der Waals surface area contributed by atoms with Gasteiger partial charge in [-0.05, 0) is 42.8 Å². The summed E-state index contributed by atoms with van der Waals surface area (Å²) >= 11 is 5.80. The van der Waals surface area contributed by atoms with Crippen molar-refractivity contribution in [2.45, 2.75) is 13.5 Å². The maximum Gasteiger partial charge on any atom is 0.222 e. The van der Waals surface area contributed by atoms with Crippen LogP contribution in [0.5, 0.6) is 11.6 Å². The zero-order chi connectivity index (χ0) is 12.3. The molecular weight excluding hydrogens is 236 g/mol. The average Bonchev–Trinajstić information content (AvgIpc) is 2.34. The SMILES string of the molecule is Cc1cc(CN)cnc1Oc1ccc(Cl)cc1. The van der Waals surface area contributed by atoms with Crippen molar-refractivity contribution in [2.75, 3.05) is 0 Å². The highest BCUT2D eigenvalue weighted by Crippen LogP contribution is 2.24. The van der Waals surface area contributed by atoms with Crippen molar-refractivity contribution in [2.24, 2.45) is 5.73 Å². The van der Waals surface area contributed by atoms with Gasteiger partial charge < -0.3 is 10.5 Å². The van der Waals surface area contributed by atoms with E-state index in [9.17, 15) is 0 Å². The number of hydrogen-bond acceptors (Lipinski definition) is 3. The molecule has 0 fully saturated rings. The van der Waals surface area contributed by atoms with Gasteiger partial charge in [0.25, 0.3) is 0 Å². The van der Waals surface area contributed by atoms with Crippen LogP contribution in [-0.4, -0.2) is 4.98 Å². The molecule has 0 radical (unpaired) electrons. The minimum atomic E-state index is 0.481. The van der Waals surface area contributed by atoms with E-state index in [4.69, 9.17) is 22.1 Å². The number of hydrogen-bond donors (Lipinski definition) is 1. The molecule has 0 amide bonds. The Morgan fingerprint density at radius 1 is 1.29 bits per heavy atom.